The number of hydrogen-bond donors (Lipinski definition) is 2. The topological polar surface area (TPSA) is 55.8 Å². The molecule has 1 heterocycles. The van der Waals surface area contributed by atoms with Crippen LogP contribution in [0.25, 0.3) is 0 Å². The molecule has 5 nitrogen and oxygen atoms in total. The summed E-state index contributed by atoms with van der Waals surface area (Å²) in [7, 11) is 0. The molecular formula is C17H31N3O2. The molecule has 0 radical (unpaired) electrons. The standard InChI is InChI=1S/C17H31N3O2/c1-13(18-17(22)20(10-11-21)16-7-8-16)14-4-3-9-19(12-14)15-5-2-6-15/h13-16,21H,2-12H2,1H3,(H,18,22)/t13-,14-/m0/s1. The molecule has 2 saturated carbocycles. The monoisotopic (exact) mass is 309 g/mol. The number of urea groups is 1. The summed E-state index contributed by atoms with van der Waals surface area (Å²) in [5, 5.41) is 12.3. The average molecular weight is 309 g/mol. The summed E-state index contributed by atoms with van der Waals surface area (Å²) >= 11 is 0. The Morgan fingerprint density at radius 1 is 1.27 bits per heavy atom. The summed E-state index contributed by atoms with van der Waals surface area (Å²) in [6.45, 7) is 5.03. The second-order valence-corrected chi connectivity index (χ2v) is 7.37. The van der Waals surface area contributed by atoms with Crippen LogP contribution in [0.3, 0.4) is 0 Å². The van der Waals surface area contributed by atoms with E-state index in [-0.39, 0.29) is 18.7 Å². The van der Waals surface area contributed by atoms with Crippen molar-refractivity contribution in [2.24, 2.45) is 5.92 Å². The predicted molar refractivity (Wildman–Crippen MR) is 86.7 cm³/mol. The number of aliphatic hydroxyl groups is 1. The SMILES string of the molecule is C[C@H](NC(=O)N(CCO)C1CC1)[C@H]1CCCN(C2CCC2)C1. The van der Waals surface area contributed by atoms with E-state index in [2.05, 4.69) is 17.1 Å². The molecule has 5 heteroatoms. The highest BCUT2D eigenvalue weighted by Crippen LogP contribution is 2.30. The minimum absolute atomic E-state index is 0.0183. The van der Waals surface area contributed by atoms with Gasteiger partial charge in [0.15, 0.2) is 0 Å². The van der Waals surface area contributed by atoms with Crippen molar-refractivity contribution in [3.05, 3.63) is 0 Å². The summed E-state index contributed by atoms with van der Waals surface area (Å²) < 4.78 is 0. The molecule has 2 amide bonds. The first-order valence-electron chi connectivity index (χ1n) is 9.11. The second-order valence-electron chi connectivity index (χ2n) is 7.37. The molecule has 0 bridgehead atoms. The van der Waals surface area contributed by atoms with Crippen LogP contribution in [0.15, 0.2) is 0 Å². The van der Waals surface area contributed by atoms with Crippen LogP contribution in [-0.4, -0.2) is 65.3 Å². The third-order valence-electron chi connectivity index (χ3n) is 5.73. The Labute approximate surface area is 134 Å². The highest BCUT2D eigenvalue weighted by Gasteiger charge is 2.35. The molecule has 126 valence electrons. The van der Waals surface area contributed by atoms with Crippen LogP contribution in [0.2, 0.25) is 0 Å². The van der Waals surface area contributed by atoms with Crippen molar-refractivity contribution in [2.45, 2.75) is 70.0 Å². The Bertz CT molecular complexity index is 382. The first kappa shape index (κ1) is 16.1. The van der Waals surface area contributed by atoms with E-state index in [1.54, 1.807) is 0 Å². The highest BCUT2D eigenvalue weighted by molar-refractivity contribution is 5.75. The first-order chi connectivity index (χ1) is 10.7. The molecule has 0 aromatic heterocycles. The number of likely N-dealkylation sites (tertiary alicyclic amines) is 1. The lowest BCUT2D eigenvalue weighted by Crippen LogP contribution is -2.53. The molecule has 3 aliphatic rings. The van der Waals surface area contributed by atoms with Crippen LogP contribution in [0.4, 0.5) is 4.79 Å². The Balaban J connectivity index is 1.49. The van der Waals surface area contributed by atoms with Crippen LogP contribution in [-0.2, 0) is 0 Å². The maximum absolute atomic E-state index is 12.4. The van der Waals surface area contributed by atoms with Crippen molar-refractivity contribution in [3.63, 3.8) is 0 Å². The van der Waals surface area contributed by atoms with Gasteiger partial charge in [0.25, 0.3) is 0 Å². The number of nitrogens with one attached hydrogen (secondary N) is 1. The van der Waals surface area contributed by atoms with Gasteiger partial charge in [-0.2, -0.15) is 0 Å². The molecule has 3 rings (SSSR count). The van der Waals surface area contributed by atoms with Crippen LogP contribution in [0.5, 0.6) is 0 Å². The molecule has 2 aliphatic carbocycles. The van der Waals surface area contributed by atoms with Gasteiger partial charge in [0, 0.05) is 31.2 Å². The minimum Gasteiger partial charge on any atom is -0.395 e. The number of aliphatic hydroxyl groups excluding tert-OH is 1. The molecule has 1 aliphatic heterocycles. The van der Waals surface area contributed by atoms with Crippen LogP contribution in [0, 0.1) is 5.92 Å². The van der Waals surface area contributed by atoms with Gasteiger partial charge < -0.3 is 20.2 Å². The summed E-state index contributed by atoms with van der Waals surface area (Å²) in [6, 6.07) is 1.40. The zero-order valence-electron chi connectivity index (χ0n) is 13.8. The number of carbonyl (C=O) groups is 1. The Kier molecular flexibility index (Phi) is 5.24. The van der Waals surface area contributed by atoms with Crippen molar-refractivity contribution in [1.29, 1.82) is 0 Å². The van der Waals surface area contributed by atoms with E-state index in [1.165, 1.54) is 38.6 Å². The Morgan fingerprint density at radius 2 is 2.05 bits per heavy atom. The van der Waals surface area contributed by atoms with Gasteiger partial charge in [-0.05, 0) is 57.9 Å². The van der Waals surface area contributed by atoms with Gasteiger partial charge in [-0.25, -0.2) is 4.79 Å². The zero-order valence-corrected chi connectivity index (χ0v) is 13.8. The van der Waals surface area contributed by atoms with Gasteiger partial charge in [-0.15, -0.1) is 0 Å². The molecule has 0 aromatic rings. The smallest absolute Gasteiger partial charge is 0.317 e. The quantitative estimate of drug-likeness (QED) is 0.787. The summed E-state index contributed by atoms with van der Waals surface area (Å²) in [6.07, 6.45) is 8.74. The van der Waals surface area contributed by atoms with Crippen molar-refractivity contribution >= 4 is 6.03 Å². The van der Waals surface area contributed by atoms with E-state index in [1.807, 2.05) is 4.90 Å². The van der Waals surface area contributed by atoms with Crippen molar-refractivity contribution in [3.8, 4) is 0 Å². The first-order valence-corrected chi connectivity index (χ1v) is 9.11. The molecular weight excluding hydrogens is 278 g/mol. The van der Waals surface area contributed by atoms with Crippen LogP contribution >= 0.6 is 0 Å². The number of carbonyl (C=O) groups excluding carboxylic acids is 1. The fourth-order valence-electron chi connectivity index (χ4n) is 3.87. The van der Waals surface area contributed by atoms with E-state index in [4.69, 9.17) is 5.11 Å². The van der Waals surface area contributed by atoms with Gasteiger partial charge in [0.1, 0.15) is 0 Å². The lowest BCUT2D eigenvalue weighted by atomic mass is 9.86. The minimum atomic E-state index is 0.0183. The molecule has 3 fully saturated rings. The summed E-state index contributed by atoms with van der Waals surface area (Å²) in [5.74, 6) is 0.563. The lowest BCUT2D eigenvalue weighted by molar-refractivity contribution is 0.0666. The van der Waals surface area contributed by atoms with E-state index in [0.29, 0.717) is 18.5 Å². The maximum Gasteiger partial charge on any atom is 0.317 e. The van der Waals surface area contributed by atoms with E-state index < -0.39 is 0 Å². The molecule has 22 heavy (non-hydrogen) atoms. The Hall–Kier alpha value is -0.810. The molecule has 2 N–H and O–H groups in total. The van der Waals surface area contributed by atoms with Crippen molar-refractivity contribution in [2.75, 3.05) is 26.2 Å². The van der Waals surface area contributed by atoms with Gasteiger partial charge in [0.2, 0.25) is 0 Å². The number of amides is 2. The average Bonchev–Trinajstić information content (AvgIpc) is 3.27. The number of nitrogens with zero attached hydrogens (tertiary/aromatic N) is 2. The normalized spacial score (nSPS) is 28.0. The van der Waals surface area contributed by atoms with E-state index in [0.717, 1.165) is 25.4 Å². The predicted octanol–water partition coefficient (Wildman–Crippen LogP) is 1.81. The molecule has 0 unspecified atom stereocenters. The van der Waals surface area contributed by atoms with Gasteiger partial charge >= 0.3 is 6.03 Å². The fourth-order valence-corrected chi connectivity index (χ4v) is 3.87. The number of rotatable bonds is 6. The summed E-state index contributed by atoms with van der Waals surface area (Å²) in [4.78, 5) is 16.9. The third-order valence-corrected chi connectivity index (χ3v) is 5.73. The van der Waals surface area contributed by atoms with Gasteiger partial charge in [0.05, 0.1) is 6.61 Å². The third kappa shape index (κ3) is 3.74. The maximum atomic E-state index is 12.4. The number of piperidine rings is 1. The number of hydrogen-bond acceptors (Lipinski definition) is 3. The highest BCUT2D eigenvalue weighted by atomic mass is 16.3. The van der Waals surface area contributed by atoms with Gasteiger partial charge in [-0.1, -0.05) is 6.42 Å². The largest absolute Gasteiger partial charge is 0.395 e. The molecule has 1 saturated heterocycles. The van der Waals surface area contributed by atoms with E-state index in [9.17, 15) is 4.79 Å². The molecule has 2 atom stereocenters. The Morgan fingerprint density at radius 3 is 2.64 bits per heavy atom. The molecule has 0 aromatic carbocycles. The summed E-state index contributed by atoms with van der Waals surface area (Å²) in [5.41, 5.74) is 0. The van der Waals surface area contributed by atoms with Crippen LogP contribution in [0.1, 0.15) is 51.9 Å². The van der Waals surface area contributed by atoms with Crippen molar-refractivity contribution in [1.82, 2.24) is 15.1 Å². The fraction of sp³-hybridized carbons (Fsp3) is 0.941. The zero-order chi connectivity index (χ0) is 15.5. The lowest BCUT2D eigenvalue weighted by Gasteiger charge is -2.44. The molecule has 0 spiro atoms. The van der Waals surface area contributed by atoms with Gasteiger partial charge in [-0.3, -0.25) is 0 Å². The van der Waals surface area contributed by atoms with Crippen LogP contribution < -0.4 is 5.32 Å². The van der Waals surface area contributed by atoms with E-state index >= 15 is 0 Å². The second kappa shape index (κ2) is 7.18. The van der Waals surface area contributed by atoms with Crippen molar-refractivity contribution < 1.29 is 9.90 Å².